The predicted molar refractivity (Wildman–Crippen MR) is 185 cm³/mol. The molecule has 1 fully saturated rings. The maximum absolute atomic E-state index is 11.9. The molecule has 4 atom stereocenters. The lowest BCUT2D eigenvalue weighted by molar-refractivity contribution is -0.144. The number of hydrogen-bond acceptors (Lipinski definition) is 5. The number of aliphatic hydroxyl groups is 2. The lowest BCUT2D eigenvalue weighted by Crippen LogP contribution is -2.60. The molecule has 2 aromatic rings. The average molecular weight is 620 g/mol. The highest BCUT2D eigenvalue weighted by molar-refractivity contribution is 6.30. The van der Waals surface area contributed by atoms with E-state index >= 15 is 0 Å². The van der Waals surface area contributed by atoms with Crippen molar-refractivity contribution in [3.63, 3.8) is 0 Å². The summed E-state index contributed by atoms with van der Waals surface area (Å²) in [5, 5.41) is 21.7. The molecule has 2 aliphatic rings. The summed E-state index contributed by atoms with van der Waals surface area (Å²) in [5.74, 6) is 0.796. The number of aliphatic hydroxyl groups excluding tert-OH is 1. The van der Waals surface area contributed by atoms with Crippen LogP contribution >= 0.6 is 11.6 Å². The Bertz CT molecular complexity index is 1420. The molecule has 240 valence electrons. The Balaban J connectivity index is 1.54. The molecule has 0 unspecified atom stereocenters. The van der Waals surface area contributed by atoms with Gasteiger partial charge in [0.05, 0.1) is 23.6 Å². The maximum atomic E-state index is 11.9. The number of nitrogen functional groups attached to an aromatic ring is 1. The Hall–Kier alpha value is -2.47. The van der Waals surface area contributed by atoms with Crippen LogP contribution in [0, 0.1) is 17.3 Å². The molecule has 0 aliphatic heterocycles. The first-order chi connectivity index (χ1) is 20.7. The maximum Gasteiger partial charge on any atom is 0.220 e. The van der Waals surface area contributed by atoms with Crippen molar-refractivity contribution in [3.05, 3.63) is 75.5 Å². The summed E-state index contributed by atoms with van der Waals surface area (Å²) in [7, 11) is 0. The van der Waals surface area contributed by atoms with Gasteiger partial charge in [0.25, 0.3) is 0 Å². The van der Waals surface area contributed by atoms with Gasteiger partial charge in [-0.25, -0.2) is 9.97 Å². The number of nitrogens with zero attached hydrogens (tertiary/aromatic N) is 2. The number of rotatable bonds is 11. The monoisotopic (exact) mass is 619 g/mol. The Morgan fingerprint density at radius 1 is 0.977 bits per heavy atom. The van der Waals surface area contributed by atoms with Crippen LogP contribution in [0.3, 0.4) is 0 Å². The highest BCUT2D eigenvalue weighted by atomic mass is 35.5. The Morgan fingerprint density at radius 3 is 2.25 bits per heavy atom. The fourth-order valence-corrected chi connectivity index (χ4v) is 8.64. The van der Waals surface area contributed by atoms with E-state index in [0.29, 0.717) is 16.9 Å². The molecule has 0 saturated heterocycles. The van der Waals surface area contributed by atoms with E-state index in [4.69, 9.17) is 27.3 Å². The molecule has 0 bridgehead atoms. The molecule has 0 spiro atoms. The summed E-state index contributed by atoms with van der Waals surface area (Å²) >= 11 is 6.41. The molecule has 2 aliphatic carbocycles. The van der Waals surface area contributed by atoms with E-state index in [9.17, 15) is 10.2 Å². The molecule has 44 heavy (non-hydrogen) atoms. The van der Waals surface area contributed by atoms with E-state index in [1.165, 1.54) is 11.1 Å². The zero-order chi connectivity index (χ0) is 32.3. The van der Waals surface area contributed by atoms with Gasteiger partial charge in [0.15, 0.2) is 0 Å². The van der Waals surface area contributed by atoms with Gasteiger partial charge in [0.2, 0.25) is 5.95 Å². The van der Waals surface area contributed by atoms with Crippen LogP contribution < -0.4 is 5.73 Å². The van der Waals surface area contributed by atoms with Gasteiger partial charge in [-0.05, 0) is 115 Å². The lowest BCUT2D eigenvalue weighted by Gasteiger charge is -2.61. The summed E-state index contributed by atoms with van der Waals surface area (Å²) in [6.45, 7) is 15.6. The van der Waals surface area contributed by atoms with Gasteiger partial charge in [-0.1, -0.05) is 79.5 Å². The van der Waals surface area contributed by atoms with Crippen LogP contribution in [0.15, 0.2) is 59.2 Å². The van der Waals surface area contributed by atoms with E-state index in [-0.39, 0.29) is 23.4 Å². The molecule has 1 saturated carbocycles. The van der Waals surface area contributed by atoms with E-state index in [1.54, 1.807) is 0 Å². The zero-order valence-corrected chi connectivity index (χ0v) is 28.8. The first-order valence-corrected chi connectivity index (χ1v) is 16.8. The number of aromatic nitrogens is 2. The van der Waals surface area contributed by atoms with Crippen LogP contribution in [0.25, 0.3) is 11.3 Å². The average Bonchev–Trinajstić information content (AvgIpc) is 2.94. The summed E-state index contributed by atoms with van der Waals surface area (Å²) in [5.41, 5.74) is 13.1. The van der Waals surface area contributed by atoms with Crippen LogP contribution in [-0.2, 0) is 11.8 Å². The second kappa shape index (κ2) is 13.9. The van der Waals surface area contributed by atoms with E-state index < -0.39 is 5.60 Å². The third-order valence-corrected chi connectivity index (χ3v) is 10.9. The molecule has 1 aromatic carbocycles. The van der Waals surface area contributed by atoms with Gasteiger partial charge < -0.3 is 15.9 Å². The largest absolute Gasteiger partial charge is 0.392 e. The van der Waals surface area contributed by atoms with Crippen LogP contribution in [0.2, 0.25) is 5.02 Å². The molecule has 0 amide bonds. The zero-order valence-electron chi connectivity index (χ0n) is 28.0. The second-order valence-electron chi connectivity index (χ2n) is 14.6. The molecule has 4 rings (SSSR count). The van der Waals surface area contributed by atoms with Crippen molar-refractivity contribution in [2.75, 3.05) is 12.3 Å². The van der Waals surface area contributed by atoms with Gasteiger partial charge in [0, 0.05) is 21.6 Å². The minimum absolute atomic E-state index is 0.129. The number of hydrogen-bond donors (Lipinski definition) is 3. The molecule has 6 heteroatoms. The third-order valence-electron chi connectivity index (χ3n) is 10.7. The minimum atomic E-state index is -0.742. The standard InChI is InChI=1S/C38H54ClN3O2/c1-25(14-9-16-27(3)24-43)12-8-13-26(2)15-10-19-32-37(6)23-30-33(28-17-11-18-29(39)22-28)41-35(40)42-34(30)36(4,5)31(37)20-21-38(32,7)44/h11-12,15-18,22,31-32,43-44H,8-10,13-14,19-21,23-24H2,1-7H3,(H2,40,41,42)/b25-12+,26-15+,27-16+/t31-,32+,37-,38+/m0/s1. The Labute approximate surface area is 270 Å². The normalized spacial score (nSPS) is 27.2. The molecule has 5 nitrogen and oxygen atoms in total. The fraction of sp³-hybridized carbons (Fsp3) is 0.579. The van der Waals surface area contributed by atoms with Gasteiger partial charge in [-0.3, -0.25) is 0 Å². The van der Waals surface area contributed by atoms with Crippen molar-refractivity contribution >= 4 is 17.5 Å². The predicted octanol–water partition coefficient (Wildman–Crippen LogP) is 9.17. The number of anilines is 1. The number of halogens is 1. The van der Waals surface area contributed by atoms with Crippen molar-refractivity contribution in [2.24, 2.45) is 17.3 Å². The molecule has 0 radical (unpaired) electrons. The van der Waals surface area contributed by atoms with Gasteiger partial charge in [-0.2, -0.15) is 0 Å². The second-order valence-corrected chi connectivity index (χ2v) is 15.1. The first-order valence-electron chi connectivity index (χ1n) is 16.4. The van der Waals surface area contributed by atoms with Crippen LogP contribution in [0.1, 0.15) is 111 Å². The van der Waals surface area contributed by atoms with E-state index in [0.717, 1.165) is 85.9 Å². The minimum Gasteiger partial charge on any atom is -0.392 e. The summed E-state index contributed by atoms with van der Waals surface area (Å²) in [6, 6.07) is 7.84. The highest BCUT2D eigenvalue weighted by Crippen LogP contribution is 2.62. The van der Waals surface area contributed by atoms with Gasteiger partial charge >= 0.3 is 0 Å². The van der Waals surface area contributed by atoms with Crippen LogP contribution in [0.5, 0.6) is 0 Å². The first kappa shape index (κ1) is 34.4. The van der Waals surface area contributed by atoms with E-state index in [2.05, 4.69) is 59.8 Å². The lowest BCUT2D eigenvalue weighted by atomic mass is 9.44. The van der Waals surface area contributed by atoms with Crippen molar-refractivity contribution < 1.29 is 10.2 Å². The smallest absolute Gasteiger partial charge is 0.220 e. The SMILES string of the molecule is C/C(=C\CC/C(C)=C/CC/C(C)=C/CC[C@@H]1[C@@]2(C)Cc3c(-c4cccc(Cl)c4)nc(N)nc3C(C)(C)[C@@H]2CC[C@@]1(C)O)CO. The van der Waals surface area contributed by atoms with E-state index in [1.807, 2.05) is 31.2 Å². The summed E-state index contributed by atoms with van der Waals surface area (Å²) < 4.78 is 0. The highest BCUT2D eigenvalue weighted by Gasteiger charge is 2.60. The van der Waals surface area contributed by atoms with Crippen LogP contribution in [0.4, 0.5) is 5.95 Å². The molecular formula is C38H54ClN3O2. The van der Waals surface area contributed by atoms with Gasteiger partial charge in [0.1, 0.15) is 0 Å². The number of fused-ring (bicyclic) bond motifs is 2. The van der Waals surface area contributed by atoms with Gasteiger partial charge in [-0.15, -0.1) is 0 Å². The molecule has 1 aromatic heterocycles. The number of nitrogens with two attached hydrogens (primary N) is 1. The Kier molecular flexibility index (Phi) is 10.9. The van der Waals surface area contributed by atoms with Crippen molar-refractivity contribution in [3.8, 4) is 11.3 Å². The molecular weight excluding hydrogens is 566 g/mol. The summed E-state index contributed by atoms with van der Waals surface area (Å²) in [4.78, 5) is 9.62. The molecule has 4 N–H and O–H groups in total. The van der Waals surface area contributed by atoms with Crippen molar-refractivity contribution in [2.45, 2.75) is 117 Å². The number of benzene rings is 1. The van der Waals surface area contributed by atoms with Crippen molar-refractivity contribution in [1.29, 1.82) is 0 Å². The quantitative estimate of drug-likeness (QED) is 0.218. The fourth-order valence-electron chi connectivity index (χ4n) is 8.45. The summed E-state index contributed by atoms with van der Waals surface area (Å²) in [6.07, 6.45) is 15.4. The molecule has 1 heterocycles. The number of allylic oxidation sites excluding steroid dienone is 5. The Morgan fingerprint density at radius 2 is 1.61 bits per heavy atom. The third kappa shape index (κ3) is 7.49. The van der Waals surface area contributed by atoms with Crippen molar-refractivity contribution in [1.82, 2.24) is 9.97 Å². The topological polar surface area (TPSA) is 92.3 Å². The van der Waals surface area contributed by atoms with Crippen LogP contribution in [-0.4, -0.2) is 32.4 Å².